The first-order valence-electron chi connectivity index (χ1n) is 18.4. The van der Waals surface area contributed by atoms with E-state index in [1.54, 1.807) is 0 Å². The largest absolute Gasteiger partial charge is 0.310 e. The van der Waals surface area contributed by atoms with Gasteiger partial charge in [0, 0.05) is 37.1 Å². The lowest BCUT2D eigenvalue weighted by atomic mass is 9.94. The Morgan fingerprint density at radius 3 is 1.63 bits per heavy atom. The Bertz CT molecular complexity index is 2900. The van der Waals surface area contributed by atoms with E-state index in [9.17, 15) is 0 Å². The average Bonchev–Trinajstić information content (AvgIpc) is 3.63. The van der Waals surface area contributed by atoms with Gasteiger partial charge in [0.2, 0.25) is 0 Å². The number of rotatable bonds is 7. The molecular weight excluding hydrogens is 671 g/mol. The SMILES string of the molecule is c1ccc(-c2ccc(-c3c(N(c4ccc(-c5ccccc5)cc4)c4cccc(-c5cccc6ccccc56)c4)ccc4sc5ccccc5c34)cc2)cc1. The second kappa shape index (κ2) is 13.7. The molecule has 0 amide bonds. The van der Waals surface area contributed by atoms with Crippen LogP contribution in [0.25, 0.3) is 75.5 Å². The summed E-state index contributed by atoms with van der Waals surface area (Å²) in [5.74, 6) is 0. The number of anilines is 3. The van der Waals surface area contributed by atoms with Crippen molar-refractivity contribution < 1.29 is 0 Å². The third-order valence-corrected chi connectivity index (χ3v) is 11.6. The lowest BCUT2D eigenvalue weighted by Crippen LogP contribution is -2.11. The third-order valence-electron chi connectivity index (χ3n) is 10.5. The van der Waals surface area contributed by atoms with Crippen LogP contribution in [0.2, 0.25) is 0 Å². The van der Waals surface area contributed by atoms with Crippen molar-refractivity contribution >= 4 is 59.3 Å². The van der Waals surface area contributed by atoms with Gasteiger partial charge >= 0.3 is 0 Å². The Morgan fingerprint density at radius 2 is 0.889 bits per heavy atom. The van der Waals surface area contributed by atoms with Gasteiger partial charge < -0.3 is 4.90 Å². The molecule has 10 aromatic rings. The standard InChI is InChI=1S/C52H35NS/c1-3-13-36(14-4-1)38-25-27-41(28-26-38)51-48(33-34-50-52(51)47-22-9-10-24-49(47)54-50)53(43-31-29-39(30-32-43)37-15-5-2-6-16-37)44-20-11-19-42(35-44)46-23-12-18-40-17-7-8-21-45(40)46/h1-35H. The maximum Gasteiger partial charge on any atom is 0.0547 e. The predicted molar refractivity (Wildman–Crippen MR) is 233 cm³/mol. The molecule has 0 aliphatic rings. The molecule has 0 aliphatic heterocycles. The number of hydrogen-bond donors (Lipinski definition) is 0. The maximum absolute atomic E-state index is 2.45. The zero-order valence-corrected chi connectivity index (χ0v) is 30.4. The first-order valence-corrected chi connectivity index (χ1v) is 19.2. The number of nitrogens with zero attached hydrogens (tertiary/aromatic N) is 1. The van der Waals surface area contributed by atoms with E-state index in [0.29, 0.717) is 0 Å². The van der Waals surface area contributed by atoms with Crippen molar-refractivity contribution in [3.63, 3.8) is 0 Å². The molecule has 1 heterocycles. The summed E-state index contributed by atoms with van der Waals surface area (Å²) in [5.41, 5.74) is 13.0. The van der Waals surface area contributed by atoms with Crippen LogP contribution in [-0.2, 0) is 0 Å². The normalized spacial score (nSPS) is 11.3. The Balaban J connectivity index is 1.22. The second-order valence-corrected chi connectivity index (χ2v) is 14.8. The molecular formula is C52H35NS. The van der Waals surface area contributed by atoms with Crippen molar-refractivity contribution in [3.05, 3.63) is 212 Å². The fourth-order valence-electron chi connectivity index (χ4n) is 7.89. The van der Waals surface area contributed by atoms with Gasteiger partial charge in [-0.05, 0) is 92.2 Å². The van der Waals surface area contributed by atoms with Gasteiger partial charge in [-0.3, -0.25) is 0 Å². The molecule has 0 radical (unpaired) electrons. The van der Waals surface area contributed by atoms with Crippen LogP contribution in [0.5, 0.6) is 0 Å². The van der Waals surface area contributed by atoms with Gasteiger partial charge in [-0.1, -0.05) is 170 Å². The van der Waals surface area contributed by atoms with Gasteiger partial charge in [0.1, 0.15) is 0 Å². The highest BCUT2D eigenvalue weighted by Crippen LogP contribution is 2.49. The highest BCUT2D eigenvalue weighted by Gasteiger charge is 2.22. The Labute approximate surface area is 319 Å². The molecule has 9 aromatic carbocycles. The second-order valence-electron chi connectivity index (χ2n) is 13.7. The van der Waals surface area contributed by atoms with Crippen LogP contribution in [0.4, 0.5) is 17.1 Å². The minimum absolute atomic E-state index is 1.10. The van der Waals surface area contributed by atoms with Gasteiger partial charge in [0.05, 0.1) is 5.69 Å². The van der Waals surface area contributed by atoms with Crippen LogP contribution < -0.4 is 4.90 Å². The summed E-state index contributed by atoms with van der Waals surface area (Å²) in [6.07, 6.45) is 0. The Hall–Kier alpha value is -6.74. The zero-order valence-electron chi connectivity index (χ0n) is 29.6. The van der Waals surface area contributed by atoms with Crippen LogP contribution in [0.15, 0.2) is 212 Å². The molecule has 0 unspecified atom stereocenters. The van der Waals surface area contributed by atoms with Gasteiger partial charge in [-0.25, -0.2) is 0 Å². The van der Waals surface area contributed by atoms with Crippen molar-refractivity contribution in [1.82, 2.24) is 0 Å². The molecule has 0 N–H and O–H groups in total. The molecule has 0 atom stereocenters. The van der Waals surface area contributed by atoms with Crippen molar-refractivity contribution in [2.45, 2.75) is 0 Å². The summed E-state index contributed by atoms with van der Waals surface area (Å²) in [7, 11) is 0. The lowest BCUT2D eigenvalue weighted by molar-refractivity contribution is 1.29. The average molecular weight is 706 g/mol. The summed E-state index contributed by atoms with van der Waals surface area (Å²) in [5, 5.41) is 5.06. The molecule has 2 heteroatoms. The topological polar surface area (TPSA) is 3.24 Å². The first-order chi connectivity index (χ1) is 26.8. The van der Waals surface area contributed by atoms with Gasteiger partial charge in [-0.2, -0.15) is 0 Å². The van der Waals surface area contributed by atoms with E-state index >= 15 is 0 Å². The quantitative estimate of drug-likeness (QED) is 0.160. The summed E-state index contributed by atoms with van der Waals surface area (Å²) < 4.78 is 2.58. The fraction of sp³-hybridized carbons (Fsp3) is 0. The third kappa shape index (κ3) is 5.74. The van der Waals surface area contributed by atoms with E-state index in [1.807, 2.05) is 11.3 Å². The lowest BCUT2D eigenvalue weighted by Gasteiger charge is -2.29. The molecule has 10 rings (SSSR count). The van der Waals surface area contributed by atoms with Crippen molar-refractivity contribution in [2.24, 2.45) is 0 Å². The number of hydrogen-bond acceptors (Lipinski definition) is 2. The van der Waals surface area contributed by atoms with Crippen molar-refractivity contribution in [2.75, 3.05) is 4.90 Å². The van der Waals surface area contributed by atoms with Crippen LogP contribution in [0, 0.1) is 0 Å². The number of benzene rings is 9. The summed E-state index contributed by atoms with van der Waals surface area (Å²) in [6, 6.07) is 77.2. The molecule has 0 saturated heterocycles. The summed E-state index contributed by atoms with van der Waals surface area (Å²) >= 11 is 1.86. The molecule has 254 valence electrons. The highest BCUT2D eigenvalue weighted by molar-refractivity contribution is 7.26. The van der Waals surface area contributed by atoms with Crippen molar-refractivity contribution in [1.29, 1.82) is 0 Å². The summed E-state index contributed by atoms with van der Waals surface area (Å²) in [4.78, 5) is 2.45. The molecule has 1 aromatic heterocycles. The van der Waals surface area contributed by atoms with E-state index in [2.05, 4.69) is 217 Å². The van der Waals surface area contributed by atoms with Crippen LogP contribution in [0.1, 0.15) is 0 Å². The van der Waals surface area contributed by atoms with E-state index < -0.39 is 0 Å². The predicted octanol–water partition coefficient (Wildman–Crippen LogP) is 15.3. The Kier molecular flexibility index (Phi) is 8.09. The van der Waals surface area contributed by atoms with Gasteiger partial charge in [0.25, 0.3) is 0 Å². The molecule has 0 saturated carbocycles. The van der Waals surface area contributed by atoms with E-state index in [4.69, 9.17) is 0 Å². The van der Waals surface area contributed by atoms with Crippen LogP contribution in [-0.4, -0.2) is 0 Å². The van der Waals surface area contributed by atoms with E-state index in [1.165, 1.54) is 75.5 Å². The van der Waals surface area contributed by atoms with Crippen LogP contribution in [0.3, 0.4) is 0 Å². The zero-order chi connectivity index (χ0) is 35.8. The van der Waals surface area contributed by atoms with E-state index in [-0.39, 0.29) is 0 Å². The minimum Gasteiger partial charge on any atom is -0.310 e. The molecule has 54 heavy (non-hydrogen) atoms. The maximum atomic E-state index is 2.45. The van der Waals surface area contributed by atoms with Gasteiger partial charge in [-0.15, -0.1) is 11.3 Å². The number of thiophene rings is 1. The Morgan fingerprint density at radius 1 is 0.333 bits per heavy atom. The van der Waals surface area contributed by atoms with E-state index in [0.717, 1.165) is 17.1 Å². The molecule has 0 bridgehead atoms. The highest BCUT2D eigenvalue weighted by atomic mass is 32.1. The minimum atomic E-state index is 1.10. The summed E-state index contributed by atoms with van der Waals surface area (Å²) in [6.45, 7) is 0. The van der Waals surface area contributed by atoms with Crippen molar-refractivity contribution in [3.8, 4) is 44.5 Å². The monoisotopic (exact) mass is 705 g/mol. The molecule has 1 nitrogen and oxygen atoms in total. The molecule has 0 fully saturated rings. The molecule has 0 aliphatic carbocycles. The number of fused-ring (bicyclic) bond motifs is 4. The first kappa shape index (κ1) is 32.0. The van der Waals surface area contributed by atoms with Gasteiger partial charge in [0.15, 0.2) is 0 Å². The van der Waals surface area contributed by atoms with Crippen LogP contribution >= 0.6 is 11.3 Å². The fourth-order valence-corrected chi connectivity index (χ4v) is 9.01. The molecule has 0 spiro atoms. The smallest absolute Gasteiger partial charge is 0.0547 e.